The molecule has 9 heteroatoms. The number of aromatic nitrogens is 3. The first-order valence-corrected chi connectivity index (χ1v) is 13.0. The van der Waals surface area contributed by atoms with Crippen LogP contribution in [0.15, 0.2) is 79.3 Å². The largest absolute Gasteiger partial charge is 0.367 e. The second-order valence-electron chi connectivity index (χ2n) is 9.78. The minimum absolute atomic E-state index is 0.161. The van der Waals surface area contributed by atoms with Crippen molar-refractivity contribution in [2.24, 2.45) is 7.05 Å². The first-order valence-electron chi connectivity index (χ1n) is 13.0. The summed E-state index contributed by atoms with van der Waals surface area (Å²) in [6.45, 7) is 0.354. The van der Waals surface area contributed by atoms with Gasteiger partial charge in [-0.25, -0.2) is 14.2 Å². The minimum Gasteiger partial charge on any atom is -0.367 e. The lowest BCUT2D eigenvalue weighted by Crippen LogP contribution is -2.49. The summed E-state index contributed by atoms with van der Waals surface area (Å²) in [6, 6.07) is 19.9. The van der Waals surface area contributed by atoms with E-state index in [9.17, 15) is 4.79 Å². The van der Waals surface area contributed by atoms with E-state index in [0.29, 0.717) is 36.3 Å². The van der Waals surface area contributed by atoms with Gasteiger partial charge in [-0.2, -0.15) is 10.4 Å². The third kappa shape index (κ3) is 6.24. The molecule has 4 aromatic rings. The van der Waals surface area contributed by atoms with Crippen LogP contribution in [0.1, 0.15) is 36.8 Å². The summed E-state index contributed by atoms with van der Waals surface area (Å²) in [7, 11) is 1.82. The van der Waals surface area contributed by atoms with E-state index in [4.69, 9.17) is 5.26 Å². The van der Waals surface area contributed by atoms with Crippen molar-refractivity contribution in [2.75, 3.05) is 10.2 Å². The number of carbonyl (C=O) groups is 1. The lowest BCUT2D eigenvalue weighted by Gasteiger charge is -2.37. The van der Waals surface area contributed by atoms with Crippen LogP contribution in [-0.2, 0) is 13.6 Å². The zero-order chi connectivity index (χ0) is 27.2. The Morgan fingerprint density at radius 1 is 1.08 bits per heavy atom. The maximum atomic E-state index is 15.6. The Balaban J connectivity index is 1.33. The molecule has 8 nitrogen and oxygen atoms in total. The van der Waals surface area contributed by atoms with Gasteiger partial charge in [0.2, 0.25) is 0 Å². The molecular formula is C30H30FN7O. The number of halogens is 1. The minimum atomic E-state index is -0.451. The Morgan fingerprint density at radius 2 is 1.87 bits per heavy atom. The highest BCUT2D eigenvalue weighted by Gasteiger charge is 2.32. The van der Waals surface area contributed by atoms with Gasteiger partial charge in [-0.15, -0.1) is 0 Å². The summed E-state index contributed by atoms with van der Waals surface area (Å²) in [5, 5.41) is 19.6. The van der Waals surface area contributed by atoms with Crippen molar-refractivity contribution in [3.05, 3.63) is 96.2 Å². The van der Waals surface area contributed by atoms with Crippen LogP contribution < -0.4 is 15.5 Å². The summed E-state index contributed by atoms with van der Waals surface area (Å²) >= 11 is 0. The molecule has 0 unspecified atom stereocenters. The van der Waals surface area contributed by atoms with Gasteiger partial charge >= 0.3 is 6.03 Å². The fourth-order valence-electron chi connectivity index (χ4n) is 5.02. The smallest absolute Gasteiger partial charge is 0.322 e. The number of nitrogens with zero attached hydrogens (tertiary/aromatic N) is 5. The predicted octanol–water partition coefficient (Wildman–Crippen LogP) is 5.63. The third-order valence-electron chi connectivity index (χ3n) is 7.06. The van der Waals surface area contributed by atoms with Crippen LogP contribution in [0, 0.1) is 17.1 Å². The number of amides is 2. The molecule has 0 atom stereocenters. The first-order chi connectivity index (χ1) is 19.0. The summed E-state index contributed by atoms with van der Waals surface area (Å²) in [5.41, 5.74) is 3.26. The Labute approximate surface area is 227 Å². The molecule has 5 rings (SSSR count). The van der Waals surface area contributed by atoms with E-state index in [-0.39, 0.29) is 23.8 Å². The molecule has 2 heterocycles. The maximum absolute atomic E-state index is 15.6. The summed E-state index contributed by atoms with van der Waals surface area (Å²) < 4.78 is 17.3. The Morgan fingerprint density at radius 3 is 2.51 bits per heavy atom. The number of nitrogens with one attached hydrogen (secondary N) is 2. The van der Waals surface area contributed by atoms with Crippen molar-refractivity contribution in [1.82, 2.24) is 20.1 Å². The Hall–Kier alpha value is -4.71. The molecule has 1 aliphatic carbocycles. The van der Waals surface area contributed by atoms with Crippen LogP contribution in [0.4, 0.5) is 20.7 Å². The summed E-state index contributed by atoms with van der Waals surface area (Å²) in [6.07, 6.45) is 8.07. The molecule has 1 aliphatic rings. The molecule has 2 N–H and O–H groups in total. The lowest BCUT2D eigenvalue weighted by atomic mass is 9.89. The zero-order valence-electron chi connectivity index (χ0n) is 21.7. The average Bonchev–Trinajstić information content (AvgIpc) is 3.41. The van der Waals surface area contributed by atoms with Gasteiger partial charge in [-0.3, -0.25) is 9.58 Å². The maximum Gasteiger partial charge on any atom is 0.322 e. The van der Waals surface area contributed by atoms with Gasteiger partial charge in [-0.1, -0.05) is 36.4 Å². The average molecular weight is 524 g/mol. The number of rotatable bonds is 7. The van der Waals surface area contributed by atoms with Crippen LogP contribution in [0.3, 0.4) is 0 Å². The molecule has 1 saturated carbocycles. The molecular weight excluding hydrogens is 493 g/mol. The number of hydrogen-bond acceptors (Lipinski definition) is 5. The van der Waals surface area contributed by atoms with E-state index in [1.807, 2.05) is 49.6 Å². The van der Waals surface area contributed by atoms with Gasteiger partial charge in [0.1, 0.15) is 17.7 Å². The Kier molecular flexibility index (Phi) is 7.83. The first kappa shape index (κ1) is 25.9. The lowest BCUT2D eigenvalue weighted by molar-refractivity contribution is 0.240. The van der Waals surface area contributed by atoms with Crippen molar-refractivity contribution in [3.63, 3.8) is 0 Å². The molecule has 0 bridgehead atoms. The van der Waals surface area contributed by atoms with Crippen molar-refractivity contribution >= 4 is 17.5 Å². The van der Waals surface area contributed by atoms with E-state index in [1.54, 1.807) is 40.2 Å². The zero-order valence-corrected chi connectivity index (χ0v) is 21.7. The van der Waals surface area contributed by atoms with Crippen LogP contribution in [0.5, 0.6) is 0 Å². The monoisotopic (exact) mass is 523 g/mol. The normalized spacial score (nSPS) is 16.7. The van der Waals surface area contributed by atoms with Gasteiger partial charge < -0.3 is 10.6 Å². The highest BCUT2D eigenvalue weighted by atomic mass is 19.1. The number of benzene rings is 2. The fourth-order valence-corrected chi connectivity index (χ4v) is 5.02. The standard InChI is InChI=1S/C30H30FN7O/c1-37-20-24(19-35-37)23-8-13-28(27(31)15-23)38(30(39)34-17-21-5-3-2-4-6-21)26-11-9-25(10-12-26)36-29-14-7-22(16-32)18-33-29/h2-8,13-15,18-20,25-26H,9-12,17H2,1H3,(H,33,36)(H,34,39)/t25-,26-. The highest BCUT2D eigenvalue weighted by Crippen LogP contribution is 2.33. The topological polar surface area (TPSA) is 98.9 Å². The van der Waals surface area contributed by atoms with Gasteiger partial charge in [0, 0.05) is 43.6 Å². The van der Waals surface area contributed by atoms with E-state index in [0.717, 1.165) is 24.0 Å². The summed E-state index contributed by atoms with van der Waals surface area (Å²) in [5.74, 6) is 0.264. The summed E-state index contributed by atoms with van der Waals surface area (Å²) in [4.78, 5) is 19.4. The molecule has 39 heavy (non-hydrogen) atoms. The van der Waals surface area contributed by atoms with Crippen LogP contribution in [0.25, 0.3) is 11.1 Å². The van der Waals surface area contributed by atoms with E-state index >= 15 is 4.39 Å². The number of urea groups is 1. The second-order valence-corrected chi connectivity index (χ2v) is 9.78. The molecule has 0 saturated heterocycles. The predicted molar refractivity (Wildman–Crippen MR) is 148 cm³/mol. The number of carbonyl (C=O) groups excluding carboxylic acids is 1. The SMILES string of the molecule is Cn1cc(-c2ccc(N(C(=O)NCc3ccccc3)[C@H]3CC[C@H](Nc4ccc(C#N)cn4)CC3)c(F)c2)cn1. The van der Waals surface area contributed by atoms with Gasteiger partial charge in [-0.05, 0) is 61.1 Å². The molecule has 0 aliphatic heterocycles. The van der Waals surface area contributed by atoms with Crippen molar-refractivity contribution < 1.29 is 9.18 Å². The highest BCUT2D eigenvalue weighted by molar-refractivity contribution is 5.93. The van der Waals surface area contributed by atoms with E-state index in [2.05, 4.69) is 26.8 Å². The van der Waals surface area contributed by atoms with Crippen LogP contribution in [-0.4, -0.2) is 32.9 Å². The third-order valence-corrected chi connectivity index (χ3v) is 7.06. The van der Waals surface area contributed by atoms with Crippen molar-refractivity contribution in [2.45, 2.75) is 44.3 Å². The molecule has 2 aromatic carbocycles. The van der Waals surface area contributed by atoms with Crippen LogP contribution >= 0.6 is 0 Å². The second kappa shape index (κ2) is 11.8. The van der Waals surface area contributed by atoms with Crippen molar-refractivity contribution in [1.29, 1.82) is 5.26 Å². The molecule has 0 spiro atoms. The molecule has 0 radical (unpaired) electrons. The molecule has 2 amide bonds. The quantitative estimate of drug-likeness (QED) is 0.327. The number of aryl methyl sites for hydroxylation is 1. The molecule has 2 aromatic heterocycles. The van der Waals surface area contributed by atoms with Crippen molar-refractivity contribution in [3.8, 4) is 17.2 Å². The number of pyridine rings is 1. The van der Waals surface area contributed by atoms with Gasteiger partial charge in [0.05, 0.1) is 17.4 Å². The molecule has 1 fully saturated rings. The number of anilines is 2. The number of nitriles is 1. The van der Waals surface area contributed by atoms with Gasteiger partial charge in [0.25, 0.3) is 0 Å². The number of hydrogen-bond donors (Lipinski definition) is 2. The van der Waals surface area contributed by atoms with E-state index < -0.39 is 5.82 Å². The van der Waals surface area contributed by atoms with E-state index in [1.165, 1.54) is 6.07 Å². The van der Waals surface area contributed by atoms with Gasteiger partial charge in [0.15, 0.2) is 0 Å². The fraction of sp³-hybridized carbons (Fsp3) is 0.267. The Bertz CT molecular complexity index is 1450. The molecule has 198 valence electrons. The van der Waals surface area contributed by atoms with Crippen LogP contribution in [0.2, 0.25) is 0 Å².